The number of carbonyl (C=O) groups is 1. The molecule has 3 rings (SSSR count). The van der Waals surface area contributed by atoms with Crippen LogP contribution < -0.4 is 10.6 Å². The first-order valence-corrected chi connectivity index (χ1v) is 12.1. The molecule has 1 amide bonds. The van der Waals surface area contributed by atoms with E-state index in [1.807, 2.05) is 48.5 Å². The number of hydrogen-bond acceptors (Lipinski definition) is 6. The first-order valence-electron chi connectivity index (χ1n) is 11.8. The van der Waals surface area contributed by atoms with Crippen LogP contribution in [-0.4, -0.2) is 43.9 Å². The number of alkyl carbamates (subject to hydrolysis) is 1. The number of halogens is 3. The van der Waals surface area contributed by atoms with Gasteiger partial charge in [-0.05, 0) is 45.2 Å². The molecule has 1 aromatic carbocycles. The summed E-state index contributed by atoms with van der Waals surface area (Å²) in [6.07, 6.45) is 0.924. The molecule has 0 unspecified atom stereocenters. The van der Waals surface area contributed by atoms with Crippen molar-refractivity contribution in [3.63, 3.8) is 0 Å². The second-order valence-electron chi connectivity index (χ2n) is 10.7. The summed E-state index contributed by atoms with van der Waals surface area (Å²) in [7, 11) is 0. The van der Waals surface area contributed by atoms with Gasteiger partial charge in [0.15, 0.2) is 0 Å². The van der Waals surface area contributed by atoms with E-state index in [0.717, 1.165) is 12.1 Å². The van der Waals surface area contributed by atoms with Crippen LogP contribution in [0.3, 0.4) is 0 Å². The predicted octanol–water partition coefficient (Wildman–Crippen LogP) is 5.84. The van der Waals surface area contributed by atoms with Crippen LogP contribution in [0.4, 0.5) is 19.4 Å². The van der Waals surface area contributed by atoms with E-state index < -0.39 is 23.3 Å². The molecule has 0 saturated carbocycles. The van der Waals surface area contributed by atoms with Crippen molar-refractivity contribution in [2.24, 2.45) is 5.41 Å². The Labute approximate surface area is 220 Å². The van der Waals surface area contributed by atoms with Gasteiger partial charge in [0.1, 0.15) is 35.5 Å². The van der Waals surface area contributed by atoms with Gasteiger partial charge in [0.05, 0.1) is 11.1 Å². The number of fused-ring (bicyclic) bond motifs is 1. The Bertz CT molecular complexity index is 1340. The molecule has 3 aromatic rings. The first kappa shape index (κ1) is 28.1. The molecule has 2 N–H and O–H groups in total. The Balaban J connectivity index is 1.90. The Hall–Kier alpha value is -3.45. The number of rotatable bonds is 5. The van der Waals surface area contributed by atoms with Gasteiger partial charge in [0.2, 0.25) is 0 Å². The van der Waals surface area contributed by atoms with Gasteiger partial charge < -0.3 is 15.4 Å². The fourth-order valence-corrected chi connectivity index (χ4v) is 3.44. The van der Waals surface area contributed by atoms with Crippen LogP contribution in [0.1, 0.15) is 60.5 Å². The monoisotopic (exact) mass is 532 g/mol. The summed E-state index contributed by atoms with van der Waals surface area (Å²) in [5.41, 5.74) is -0.805. The minimum absolute atomic E-state index is 0.0311. The van der Waals surface area contributed by atoms with Gasteiger partial charge in [0, 0.05) is 23.6 Å². The van der Waals surface area contributed by atoms with E-state index in [0.29, 0.717) is 0 Å². The summed E-state index contributed by atoms with van der Waals surface area (Å²) in [5.74, 6) is 4.20. The van der Waals surface area contributed by atoms with Crippen LogP contribution in [0.25, 0.3) is 16.9 Å². The summed E-state index contributed by atoms with van der Waals surface area (Å²) in [6.45, 7) is 13.6. The summed E-state index contributed by atoms with van der Waals surface area (Å²) in [5, 5.41) is 9.99. The van der Waals surface area contributed by atoms with Gasteiger partial charge in [-0.15, -0.1) is 0 Å². The lowest BCUT2D eigenvalue weighted by molar-refractivity contribution is 0.140. The lowest BCUT2D eigenvalue weighted by Gasteiger charge is -2.30. The smallest absolute Gasteiger partial charge is 0.407 e. The van der Waals surface area contributed by atoms with Gasteiger partial charge in [-0.2, -0.15) is 19.6 Å². The third-order valence-electron chi connectivity index (χ3n) is 5.50. The molecule has 1 atom stereocenters. The molecule has 0 fully saturated rings. The molecule has 0 aliphatic carbocycles. The molecule has 2 heterocycles. The molecule has 8 nitrogen and oxygen atoms in total. The second-order valence-corrected chi connectivity index (χ2v) is 11.1. The topological polar surface area (TPSA) is 93.4 Å². The lowest BCUT2D eigenvalue weighted by atomic mass is 9.88. The van der Waals surface area contributed by atoms with Crippen molar-refractivity contribution in [1.29, 1.82) is 0 Å². The van der Waals surface area contributed by atoms with Crippen molar-refractivity contribution in [3.05, 3.63) is 40.8 Å². The molecule has 198 valence electrons. The van der Waals surface area contributed by atoms with Crippen LogP contribution in [0.5, 0.6) is 0 Å². The van der Waals surface area contributed by atoms with Gasteiger partial charge in [0.25, 0.3) is 5.78 Å². The maximum Gasteiger partial charge on any atom is 0.407 e. The van der Waals surface area contributed by atoms with Crippen molar-refractivity contribution in [2.45, 2.75) is 66.5 Å². The molecule has 11 heteroatoms. The van der Waals surface area contributed by atoms with E-state index in [9.17, 15) is 4.79 Å². The standard InChI is InChI=1S/C26H31ClF2N6O2/c1-15(25(2,3)4)32-22-20(21(27)33-23-30-14-31-35(22)23)19-17(28)12-16(13-18(19)29)10-8-9-11-37-24(36)34-26(5,6)7/h12-15,32H,9,11H2,1-7H3,(H,34,36)/t15-/m1/s1. The number of ether oxygens (including phenoxy) is 1. The molecule has 0 aliphatic rings. The minimum atomic E-state index is -0.861. The summed E-state index contributed by atoms with van der Waals surface area (Å²) in [4.78, 5) is 19.9. The van der Waals surface area contributed by atoms with Gasteiger partial charge >= 0.3 is 6.09 Å². The molecule has 0 spiro atoms. The van der Waals surface area contributed by atoms with E-state index in [1.54, 1.807) is 0 Å². The van der Waals surface area contributed by atoms with E-state index >= 15 is 8.78 Å². The fraction of sp³-hybridized carbons (Fsp3) is 0.462. The summed E-state index contributed by atoms with van der Waals surface area (Å²) < 4.78 is 37.1. The summed E-state index contributed by atoms with van der Waals surface area (Å²) in [6, 6.07) is 2.12. The maximum absolute atomic E-state index is 15.3. The SMILES string of the molecule is C[C@@H](Nc1c(-c2c(F)cc(C#CCCOC(=O)NC(C)(C)C)cc2F)c(Cl)nc2ncnn12)C(C)(C)C. The van der Waals surface area contributed by atoms with Gasteiger partial charge in [-0.1, -0.05) is 44.2 Å². The zero-order valence-corrected chi connectivity index (χ0v) is 22.7. The van der Waals surface area contributed by atoms with Crippen molar-refractivity contribution >= 4 is 29.3 Å². The van der Waals surface area contributed by atoms with E-state index in [4.69, 9.17) is 16.3 Å². The molecule has 37 heavy (non-hydrogen) atoms. The average molecular weight is 533 g/mol. The third kappa shape index (κ3) is 7.07. The van der Waals surface area contributed by atoms with E-state index in [2.05, 4.69) is 37.5 Å². The number of nitrogens with zero attached hydrogens (tertiary/aromatic N) is 4. The lowest BCUT2D eigenvalue weighted by Crippen LogP contribution is -2.41. The van der Waals surface area contributed by atoms with Crippen LogP contribution in [0.15, 0.2) is 18.5 Å². The number of benzene rings is 1. The Morgan fingerprint density at radius 2 is 1.81 bits per heavy atom. The van der Waals surface area contributed by atoms with Gasteiger partial charge in [-0.3, -0.25) is 0 Å². The maximum atomic E-state index is 15.3. The number of amides is 1. The first-order chi connectivity index (χ1) is 17.2. The van der Waals surface area contributed by atoms with Crippen LogP contribution >= 0.6 is 11.6 Å². The number of nitrogens with one attached hydrogen (secondary N) is 2. The molecule has 0 aliphatic heterocycles. The highest BCUT2D eigenvalue weighted by molar-refractivity contribution is 6.33. The predicted molar refractivity (Wildman–Crippen MR) is 139 cm³/mol. The highest BCUT2D eigenvalue weighted by Gasteiger charge is 2.27. The normalized spacial score (nSPS) is 12.6. The second kappa shape index (κ2) is 10.9. The Morgan fingerprint density at radius 1 is 1.16 bits per heavy atom. The molecular formula is C26H31ClF2N6O2. The molecule has 2 aromatic heterocycles. The van der Waals surface area contributed by atoms with Crippen LogP contribution in [-0.2, 0) is 4.74 Å². The van der Waals surface area contributed by atoms with Gasteiger partial charge in [-0.25, -0.2) is 13.6 Å². The zero-order chi connectivity index (χ0) is 27.5. The number of anilines is 1. The van der Waals surface area contributed by atoms with Crippen molar-refractivity contribution in [2.75, 3.05) is 11.9 Å². The summed E-state index contributed by atoms with van der Waals surface area (Å²) >= 11 is 6.43. The number of carbonyl (C=O) groups excluding carboxylic acids is 1. The highest BCUT2D eigenvalue weighted by Crippen LogP contribution is 2.39. The Morgan fingerprint density at radius 3 is 2.41 bits per heavy atom. The van der Waals surface area contributed by atoms with Crippen molar-refractivity contribution < 1.29 is 18.3 Å². The fourth-order valence-electron chi connectivity index (χ4n) is 3.18. The van der Waals surface area contributed by atoms with E-state index in [-0.39, 0.29) is 57.9 Å². The van der Waals surface area contributed by atoms with Crippen LogP contribution in [0.2, 0.25) is 5.15 Å². The highest BCUT2D eigenvalue weighted by atomic mass is 35.5. The number of hydrogen-bond donors (Lipinski definition) is 2. The quantitative estimate of drug-likeness (QED) is 0.244. The van der Waals surface area contributed by atoms with Crippen molar-refractivity contribution in [1.82, 2.24) is 24.9 Å². The minimum Gasteiger partial charge on any atom is -0.449 e. The largest absolute Gasteiger partial charge is 0.449 e. The van der Waals surface area contributed by atoms with Crippen LogP contribution in [0, 0.1) is 28.9 Å². The molecule has 0 radical (unpaired) electrons. The molecular weight excluding hydrogens is 502 g/mol. The molecule has 0 saturated heterocycles. The third-order valence-corrected chi connectivity index (χ3v) is 5.77. The number of aromatic nitrogens is 4. The van der Waals surface area contributed by atoms with E-state index in [1.165, 1.54) is 10.8 Å². The van der Waals surface area contributed by atoms with Crippen molar-refractivity contribution in [3.8, 4) is 23.0 Å². The zero-order valence-electron chi connectivity index (χ0n) is 22.0. The average Bonchev–Trinajstić information content (AvgIpc) is 3.21. The molecule has 0 bridgehead atoms. The Kier molecular flexibility index (Phi) is 8.28.